The second-order valence-corrected chi connectivity index (χ2v) is 10.5. The Morgan fingerprint density at radius 3 is 2.51 bits per heavy atom. The number of anilines is 1. The van der Waals surface area contributed by atoms with Gasteiger partial charge in [0.25, 0.3) is 6.47 Å². The molecule has 2 heterocycles. The fraction of sp³-hybridized carbons (Fsp3) is 0.171. The van der Waals surface area contributed by atoms with Crippen LogP contribution in [0.4, 0.5) is 18.9 Å². The Kier molecular flexibility index (Phi) is 7.54. The third-order valence-electron chi connectivity index (χ3n) is 7.95. The van der Waals surface area contributed by atoms with Gasteiger partial charge in [0.05, 0.1) is 11.1 Å². The van der Waals surface area contributed by atoms with Crippen molar-refractivity contribution in [3.8, 4) is 17.6 Å². The lowest BCUT2D eigenvalue weighted by atomic mass is 9.77. The zero-order valence-electron chi connectivity index (χ0n) is 23.9. The van der Waals surface area contributed by atoms with Crippen molar-refractivity contribution in [1.82, 2.24) is 0 Å². The van der Waals surface area contributed by atoms with Gasteiger partial charge in [-0.1, -0.05) is 42.5 Å². The molecule has 0 aromatic heterocycles. The third kappa shape index (κ3) is 5.27. The van der Waals surface area contributed by atoms with Crippen LogP contribution in [0.5, 0.6) is 11.5 Å². The van der Waals surface area contributed by atoms with Gasteiger partial charge in [0.15, 0.2) is 5.60 Å². The maximum Gasteiger partial charge on any atom is 0.416 e. The number of halogens is 3. The number of nitriles is 1. The second-order valence-electron chi connectivity index (χ2n) is 10.5. The average molecular weight is 611 g/mol. The molecule has 10 heteroatoms. The van der Waals surface area contributed by atoms with E-state index >= 15 is 0 Å². The molecule has 226 valence electrons. The van der Waals surface area contributed by atoms with E-state index < -0.39 is 23.3 Å². The van der Waals surface area contributed by atoms with Crippen LogP contribution in [0, 0.1) is 11.3 Å². The maximum atomic E-state index is 13.4. The molecule has 1 spiro atoms. The number of hydrogen-bond donors (Lipinski definition) is 0. The van der Waals surface area contributed by atoms with Gasteiger partial charge < -0.3 is 19.1 Å². The molecule has 0 fully saturated rings. The number of benzene rings is 4. The summed E-state index contributed by atoms with van der Waals surface area (Å²) in [7, 11) is 0. The minimum Gasteiger partial charge on any atom is -0.456 e. The first kappa shape index (κ1) is 29.5. The Morgan fingerprint density at radius 2 is 1.76 bits per heavy atom. The molecular formula is C35H25F3N2O5. The Labute approximate surface area is 256 Å². The first-order valence-electron chi connectivity index (χ1n) is 14.1. The SMILES string of the molecule is CCN(C/C=C(/C#N)OC=O)c1ccc2c(c1)Oc1ccc(Cc3cccc(C(F)(F)F)c3)cc1C21OC(=O)c2ccccc21. The van der Waals surface area contributed by atoms with Crippen molar-refractivity contribution in [3.63, 3.8) is 0 Å². The van der Waals surface area contributed by atoms with Crippen molar-refractivity contribution in [2.45, 2.75) is 25.1 Å². The Balaban J connectivity index is 1.44. The van der Waals surface area contributed by atoms with Crippen molar-refractivity contribution < 1.29 is 37.0 Å². The number of likely N-dealkylation sites (N-methyl/N-ethyl adjacent to an activating group) is 1. The zero-order valence-corrected chi connectivity index (χ0v) is 23.9. The summed E-state index contributed by atoms with van der Waals surface area (Å²) in [4.78, 5) is 25.9. The Morgan fingerprint density at radius 1 is 0.956 bits per heavy atom. The summed E-state index contributed by atoms with van der Waals surface area (Å²) in [6.45, 7) is 2.94. The highest BCUT2D eigenvalue weighted by Gasteiger charge is 2.53. The van der Waals surface area contributed by atoms with E-state index in [-0.39, 0.29) is 25.2 Å². The normalized spacial score (nSPS) is 16.5. The number of allylic oxidation sites excluding steroid dienone is 1. The van der Waals surface area contributed by atoms with Gasteiger partial charge in [0, 0.05) is 41.5 Å². The van der Waals surface area contributed by atoms with Gasteiger partial charge in [-0.05, 0) is 66.9 Å². The number of esters is 1. The van der Waals surface area contributed by atoms with E-state index in [4.69, 9.17) is 14.2 Å². The standard InChI is InChI=1S/C35H25F3N2O5/c1-2-40(15-14-26(20-39)43-21-41)25-11-12-29-32(19-25)44-31-13-10-23(16-22-6-5-7-24(17-22)35(36,37)38)18-30(31)34(29)28-9-4-3-8-27(28)33(42)45-34/h3-14,17-19,21H,2,15-16H2,1H3/b26-14-. The molecule has 4 aromatic carbocycles. The van der Waals surface area contributed by atoms with Crippen LogP contribution in [0.2, 0.25) is 0 Å². The van der Waals surface area contributed by atoms with Gasteiger partial charge in [-0.2, -0.15) is 18.4 Å². The minimum absolute atomic E-state index is 0.124. The second kappa shape index (κ2) is 11.5. The van der Waals surface area contributed by atoms with Crippen molar-refractivity contribution >= 4 is 18.1 Å². The summed E-state index contributed by atoms with van der Waals surface area (Å²) < 4.78 is 57.5. The van der Waals surface area contributed by atoms with Crippen LogP contribution in [0.3, 0.4) is 0 Å². The van der Waals surface area contributed by atoms with E-state index in [1.165, 1.54) is 12.1 Å². The van der Waals surface area contributed by atoms with Gasteiger partial charge >= 0.3 is 12.1 Å². The van der Waals surface area contributed by atoms with Gasteiger partial charge in [0.2, 0.25) is 5.76 Å². The molecule has 0 saturated heterocycles. The van der Waals surface area contributed by atoms with E-state index in [0.717, 1.165) is 17.8 Å². The molecule has 1 atom stereocenters. The van der Waals surface area contributed by atoms with Crippen LogP contribution in [-0.2, 0) is 32.5 Å². The smallest absolute Gasteiger partial charge is 0.416 e. The molecule has 2 aliphatic rings. The van der Waals surface area contributed by atoms with Gasteiger partial charge in [-0.15, -0.1) is 0 Å². The number of hydrogen-bond acceptors (Lipinski definition) is 7. The zero-order chi connectivity index (χ0) is 31.8. The summed E-state index contributed by atoms with van der Waals surface area (Å²) in [5, 5.41) is 9.20. The van der Waals surface area contributed by atoms with Crippen molar-refractivity contribution in [2.24, 2.45) is 0 Å². The van der Waals surface area contributed by atoms with Crippen LogP contribution in [-0.4, -0.2) is 25.5 Å². The first-order valence-corrected chi connectivity index (χ1v) is 14.1. The van der Waals surface area contributed by atoms with Gasteiger partial charge in [-0.3, -0.25) is 4.79 Å². The lowest BCUT2D eigenvalue weighted by Gasteiger charge is -2.37. The van der Waals surface area contributed by atoms with Gasteiger partial charge in [0.1, 0.15) is 17.6 Å². The van der Waals surface area contributed by atoms with E-state index in [2.05, 4.69) is 0 Å². The van der Waals surface area contributed by atoms with Crippen LogP contribution in [0.15, 0.2) is 96.8 Å². The monoisotopic (exact) mass is 610 g/mol. The fourth-order valence-electron chi connectivity index (χ4n) is 5.89. The van der Waals surface area contributed by atoms with E-state index in [0.29, 0.717) is 51.4 Å². The highest BCUT2D eigenvalue weighted by atomic mass is 19.4. The largest absolute Gasteiger partial charge is 0.456 e. The van der Waals surface area contributed by atoms with Crippen LogP contribution >= 0.6 is 0 Å². The molecule has 2 aliphatic heterocycles. The number of carbonyl (C=O) groups is 2. The molecule has 45 heavy (non-hydrogen) atoms. The highest BCUT2D eigenvalue weighted by molar-refractivity contribution is 5.97. The molecule has 0 aliphatic carbocycles. The van der Waals surface area contributed by atoms with Crippen LogP contribution in [0.1, 0.15) is 50.7 Å². The summed E-state index contributed by atoms with van der Waals surface area (Å²) >= 11 is 0. The van der Waals surface area contributed by atoms with E-state index in [1.807, 2.05) is 54.3 Å². The predicted octanol–water partition coefficient (Wildman–Crippen LogP) is 7.27. The van der Waals surface area contributed by atoms with Crippen molar-refractivity contribution in [3.05, 3.63) is 136 Å². The predicted molar refractivity (Wildman–Crippen MR) is 158 cm³/mol. The third-order valence-corrected chi connectivity index (χ3v) is 7.95. The Bertz CT molecular complexity index is 1900. The highest BCUT2D eigenvalue weighted by Crippen LogP contribution is 2.56. The number of carbonyl (C=O) groups excluding carboxylic acids is 2. The lowest BCUT2D eigenvalue weighted by Crippen LogP contribution is -2.33. The minimum atomic E-state index is -4.46. The maximum absolute atomic E-state index is 13.4. The molecule has 7 nitrogen and oxygen atoms in total. The topological polar surface area (TPSA) is 88.9 Å². The van der Waals surface area contributed by atoms with Crippen LogP contribution in [0.25, 0.3) is 0 Å². The summed E-state index contributed by atoms with van der Waals surface area (Å²) in [6.07, 6.45) is -2.75. The molecule has 0 radical (unpaired) electrons. The number of nitrogens with zero attached hydrogens (tertiary/aromatic N) is 2. The molecule has 1 unspecified atom stereocenters. The molecule has 6 rings (SSSR count). The van der Waals surface area contributed by atoms with Gasteiger partial charge in [-0.25, -0.2) is 4.79 Å². The lowest BCUT2D eigenvalue weighted by molar-refractivity contribution is -0.137. The molecular weight excluding hydrogens is 585 g/mol. The molecule has 0 amide bonds. The van der Waals surface area contributed by atoms with Crippen molar-refractivity contribution in [1.29, 1.82) is 5.26 Å². The quantitative estimate of drug-likeness (QED) is 0.0897. The van der Waals surface area contributed by atoms with E-state index in [9.17, 15) is 28.0 Å². The number of fused-ring (bicyclic) bond motifs is 6. The summed E-state index contributed by atoms with van der Waals surface area (Å²) in [5.74, 6) is 0.255. The molecule has 0 N–H and O–H groups in total. The average Bonchev–Trinajstić information content (AvgIpc) is 3.33. The molecule has 4 aromatic rings. The summed E-state index contributed by atoms with van der Waals surface area (Å²) in [5.41, 5.74) is 2.04. The number of rotatable bonds is 8. The molecule has 0 saturated carbocycles. The Hall–Kier alpha value is -5.56. The number of alkyl halides is 3. The first-order chi connectivity index (χ1) is 21.7. The number of ether oxygens (including phenoxy) is 3. The van der Waals surface area contributed by atoms with E-state index in [1.54, 1.807) is 30.3 Å². The summed E-state index contributed by atoms with van der Waals surface area (Å²) in [6, 6.07) is 24.9. The van der Waals surface area contributed by atoms with Crippen LogP contribution < -0.4 is 9.64 Å². The molecule has 0 bridgehead atoms. The van der Waals surface area contributed by atoms with Crippen molar-refractivity contribution in [2.75, 3.05) is 18.0 Å². The fourth-order valence-corrected chi connectivity index (χ4v) is 5.89.